The van der Waals surface area contributed by atoms with E-state index >= 15 is 0 Å². The number of aliphatic hydroxyl groups excluding tert-OH is 1. The van der Waals surface area contributed by atoms with Crippen molar-refractivity contribution in [3.8, 4) is 0 Å². The molecule has 0 aliphatic rings. The van der Waals surface area contributed by atoms with Gasteiger partial charge in [-0.15, -0.1) is 11.6 Å². The van der Waals surface area contributed by atoms with Crippen molar-refractivity contribution in [3.05, 3.63) is 0 Å². The largest absolute Gasteiger partial charge is 0.394 e. The van der Waals surface area contributed by atoms with Crippen LogP contribution in [-0.4, -0.2) is 29.5 Å². The fourth-order valence-corrected chi connectivity index (χ4v) is 0.754. The summed E-state index contributed by atoms with van der Waals surface area (Å²) in [5.41, 5.74) is 0. The summed E-state index contributed by atoms with van der Waals surface area (Å²) in [5, 5.41) is 11.2. The van der Waals surface area contributed by atoms with Crippen molar-refractivity contribution < 1.29 is 9.90 Å². The summed E-state index contributed by atoms with van der Waals surface area (Å²) in [7, 11) is 0. The molecule has 0 aromatic heterocycles. The van der Waals surface area contributed by atoms with Crippen LogP contribution in [0, 0.1) is 0 Å². The third-order valence-electron chi connectivity index (χ3n) is 1.22. The van der Waals surface area contributed by atoms with E-state index in [1.54, 1.807) is 6.92 Å². The van der Waals surface area contributed by atoms with Crippen LogP contribution in [0.2, 0.25) is 0 Å². The molecule has 0 aromatic carbocycles. The summed E-state index contributed by atoms with van der Waals surface area (Å²) in [6.07, 6.45) is 1.12. The van der Waals surface area contributed by atoms with Crippen LogP contribution in [-0.2, 0) is 4.79 Å². The zero-order chi connectivity index (χ0) is 8.69. The molecule has 0 heterocycles. The van der Waals surface area contributed by atoms with Crippen LogP contribution in [0.3, 0.4) is 0 Å². The Morgan fingerprint density at radius 2 is 2.36 bits per heavy atom. The highest BCUT2D eigenvalue weighted by Gasteiger charge is 2.04. The van der Waals surface area contributed by atoms with Gasteiger partial charge >= 0.3 is 0 Å². The van der Waals surface area contributed by atoms with Crippen LogP contribution in [0.1, 0.15) is 19.8 Å². The van der Waals surface area contributed by atoms with E-state index in [1.165, 1.54) is 0 Å². The van der Waals surface area contributed by atoms with E-state index in [9.17, 15) is 4.79 Å². The molecule has 1 amide bonds. The van der Waals surface area contributed by atoms with E-state index in [4.69, 9.17) is 16.7 Å². The maximum atomic E-state index is 10.9. The van der Waals surface area contributed by atoms with Gasteiger partial charge in [0.2, 0.25) is 5.91 Å². The van der Waals surface area contributed by atoms with Crippen LogP contribution in [0.25, 0.3) is 0 Å². The molecule has 0 fully saturated rings. The second kappa shape index (κ2) is 6.43. The van der Waals surface area contributed by atoms with Gasteiger partial charge in [-0.05, 0) is 13.3 Å². The molecule has 0 spiro atoms. The first kappa shape index (κ1) is 10.7. The minimum Gasteiger partial charge on any atom is -0.394 e. The second-order valence-corrected chi connectivity index (χ2v) is 2.82. The van der Waals surface area contributed by atoms with Gasteiger partial charge in [0.05, 0.1) is 6.61 Å². The van der Waals surface area contributed by atoms with E-state index in [2.05, 4.69) is 5.32 Å². The van der Waals surface area contributed by atoms with Crippen molar-refractivity contribution in [2.24, 2.45) is 0 Å². The van der Waals surface area contributed by atoms with Crippen molar-refractivity contribution in [1.82, 2.24) is 5.32 Å². The minimum absolute atomic E-state index is 0.0212. The molecule has 0 saturated heterocycles. The number of carbonyl (C=O) groups is 1. The Kier molecular flexibility index (Phi) is 6.27. The Labute approximate surface area is 71.7 Å². The lowest BCUT2D eigenvalue weighted by Gasteiger charge is -2.09. The van der Waals surface area contributed by atoms with Gasteiger partial charge in [-0.1, -0.05) is 0 Å². The number of rotatable bonds is 5. The zero-order valence-corrected chi connectivity index (χ0v) is 7.40. The first-order valence-corrected chi connectivity index (χ1v) is 4.20. The molecular weight excluding hydrogens is 166 g/mol. The van der Waals surface area contributed by atoms with E-state index in [0.717, 1.165) is 0 Å². The van der Waals surface area contributed by atoms with E-state index in [1.807, 2.05) is 0 Å². The summed E-state index contributed by atoms with van der Waals surface area (Å²) in [6, 6.07) is -0.155. The summed E-state index contributed by atoms with van der Waals surface area (Å²) in [4.78, 5) is 10.9. The second-order valence-electron chi connectivity index (χ2n) is 2.44. The van der Waals surface area contributed by atoms with Gasteiger partial charge < -0.3 is 10.4 Å². The van der Waals surface area contributed by atoms with Crippen molar-refractivity contribution in [2.45, 2.75) is 25.8 Å². The maximum absolute atomic E-state index is 10.9. The number of carbonyl (C=O) groups excluding carboxylic acids is 1. The number of alkyl halides is 1. The highest BCUT2D eigenvalue weighted by Crippen LogP contribution is 1.92. The smallest absolute Gasteiger partial charge is 0.220 e. The van der Waals surface area contributed by atoms with Crippen molar-refractivity contribution in [2.75, 3.05) is 12.5 Å². The molecule has 0 aromatic rings. The van der Waals surface area contributed by atoms with Crippen LogP contribution in [0.5, 0.6) is 0 Å². The fraction of sp³-hybridized carbons (Fsp3) is 0.857. The van der Waals surface area contributed by atoms with Crippen LogP contribution in [0.15, 0.2) is 0 Å². The van der Waals surface area contributed by atoms with Crippen LogP contribution in [0.4, 0.5) is 0 Å². The number of amides is 1. The lowest BCUT2D eigenvalue weighted by atomic mass is 10.3. The molecule has 0 aliphatic heterocycles. The topological polar surface area (TPSA) is 49.3 Å². The molecule has 2 N–H and O–H groups in total. The Bertz CT molecular complexity index is 119. The average Bonchev–Trinajstić information content (AvgIpc) is 2.00. The quantitative estimate of drug-likeness (QED) is 0.604. The highest BCUT2D eigenvalue weighted by molar-refractivity contribution is 6.17. The molecule has 0 bridgehead atoms. The normalized spacial score (nSPS) is 12.6. The molecule has 0 unspecified atom stereocenters. The minimum atomic E-state index is -0.155. The van der Waals surface area contributed by atoms with Crippen molar-refractivity contribution in [1.29, 1.82) is 0 Å². The number of aliphatic hydroxyl groups is 1. The summed E-state index contributed by atoms with van der Waals surface area (Å²) >= 11 is 5.39. The fourth-order valence-electron chi connectivity index (χ4n) is 0.620. The van der Waals surface area contributed by atoms with Crippen LogP contribution >= 0.6 is 11.6 Å². The molecule has 11 heavy (non-hydrogen) atoms. The van der Waals surface area contributed by atoms with Gasteiger partial charge in [-0.25, -0.2) is 0 Å². The number of halogens is 1. The third kappa shape index (κ3) is 6.13. The number of nitrogens with one attached hydrogen (secondary N) is 1. The van der Waals surface area contributed by atoms with E-state index in [0.29, 0.717) is 18.7 Å². The van der Waals surface area contributed by atoms with Gasteiger partial charge in [0.1, 0.15) is 0 Å². The Morgan fingerprint density at radius 1 is 1.73 bits per heavy atom. The van der Waals surface area contributed by atoms with Gasteiger partial charge in [-0.2, -0.15) is 0 Å². The molecule has 4 heteroatoms. The Hall–Kier alpha value is -0.280. The van der Waals surface area contributed by atoms with Crippen molar-refractivity contribution >= 4 is 17.5 Å². The summed E-state index contributed by atoms with van der Waals surface area (Å²) < 4.78 is 0. The third-order valence-corrected chi connectivity index (χ3v) is 1.49. The Morgan fingerprint density at radius 3 is 2.82 bits per heavy atom. The summed E-state index contributed by atoms with van der Waals surface area (Å²) in [5.74, 6) is 0.452. The molecule has 0 saturated carbocycles. The molecule has 0 aliphatic carbocycles. The van der Waals surface area contributed by atoms with Crippen LogP contribution < -0.4 is 5.32 Å². The molecule has 0 rings (SSSR count). The SMILES string of the molecule is C[C@H](CO)NC(=O)CCCCl. The average molecular weight is 180 g/mol. The predicted octanol–water partition coefficient (Wildman–Crippen LogP) is 0.502. The van der Waals surface area contributed by atoms with Gasteiger partial charge in [0.15, 0.2) is 0 Å². The lowest BCUT2D eigenvalue weighted by molar-refractivity contribution is -0.121. The standard InChI is InChI=1S/C7H14ClNO2/c1-6(5-10)9-7(11)3-2-4-8/h6,10H,2-5H2,1H3,(H,9,11)/t6-/m1/s1. The van der Waals surface area contributed by atoms with Gasteiger partial charge in [0, 0.05) is 18.3 Å². The Balaban J connectivity index is 3.36. The molecule has 66 valence electrons. The van der Waals surface area contributed by atoms with E-state index < -0.39 is 0 Å². The lowest BCUT2D eigenvalue weighted by Crippen LogP contribution is -2.34. The predicted molar refractivity (Wildman–Crippen MR) is 44.6 cm³/mol. The maximum Gasteiger partial charge on any atom is 0.220 e. The number of hydrogen-bond acceptors (Lipinski definition) is 2. The zero-order valence-electron chi connectivity index (χ0n) is 6.64. The molecule has 0 radical (unpaired) electrons. The van der Waals surface area contributed by atoms with Crippen molar-refractivity contribution in [3.63, 3.8) is 0 Å². The first-order valence-electron chi connectivity index (χ1n) is 3.67. The first-order chi connectivity index (χ1) is 5.20. The van der Waals surface area contributed by atoms with Gasteiger partial charge in [0.25, 0.3) is 0 Å². The highest BCUT2D eigenvalue weighted by atomic mass is 35.5. The molecular formula is C7H14ClNO2. The molecule has 1 atom stereocenters. The van der Waals surface area contributed by atoms with E-state index in [-0.39, 0.29) is 18.6 Å². The van der Waals surface area contributed by atoms with Gasteiger partial charge in [-0.3, -0.25) is 4.79 Å². The molecule has 3 nitrogen and oxygen atoms in total. The summed E-state index contributed by atoms with van der Waals surface area (Å²) in [6.45, 7) is 1.73. The number of hydrogen-bond donors (Lipinski definition) is 2. The monoisotopic (exact) mass is 179 g/mol.